The highest BCUT2D eigenvalue weighted by Gasteiger charge is 2.25. The van der Waals surface area contributed by atoms with Gasteiger partial charge < -0.3 is 5.73 Å². The molecule has 2 N–H and O–H groups in total. The molecule has 1 aromatic rings. The van der Waals surface area contributed by atoms with Crippen LogP contribution in [0.25, 0.3) is 0 Å². The predicted octanol–water partition coefficient (Wildman–Crippen LogP) is 2.26. The quantitative estimate of drug-likeness (QED) is 0.906. The van der Waals surface area contributed by atoms with E-state index in [2.05, 4.69) is 0 Å². The number of rotatable bonds is 5. The number of hydrogen-bond acceptors (Lipinski definition) is 3. The first kappa shape index (κ1) is 15.5. The Bertz CT molecular complexity index is 563. The second kappa shape index (κ2) is 6.24. The number of nitrogens with zero attached hydrogens (tertiary/aromatic N) is 1. The molecule has 4 nitrogen and oxygen atoms in total. The Hall–Kier alpha value is -0.910. The highest BCUT2D eigenvalue weighted by molar-refractivity contribution is 7.89. The Morgan fingerprint density at radius 3 is 2.50 bits per heavy atom. The molecule has 0 radical (unpaired) electrons. The van der Waals surface area contributed by atoms with Crippen LogP contribution in [-0.4, -0.2) is 26.3 Å². The second-order valence-corrected chi connectivity index (χ2v) is 7.77. The predicted molar refractivity (Wildman–Crippen MR) is 80.8 cm³/mol. The van der Waals surface area contributed by atoms with E-state index in [4.69, 9.17) is 5.73 Å². The van der Waals surface area contributed by atoms with E-state index >= 15 is 0 Å². The highest BCUT2D eigenvalue weighted by atomic mass is 32.2. The van der Waals surface area contributed by atoms with E-state index in [9.17, 15) is 8.42 Å². The van der Waals surface area contributed by atoms with Crippen molar-refractivity contribution in [2.45, 2.75) is 44.0 Å². The van der Waals surface area contributed by atoms with Crippen molar-refractivity contribution >= 4 is 10.0 Å². The molecule has 0 atom stereocenters. The third-order valence-electron chi connectivity index (χ3n) is 4.23. The minimum absolute atomic E-state index is 0.368. The summed E-state index contributed by atoms with van der Waals surface area (Å²) in [4.78, 5) is 0.368. The molecule has 0 aromatic heterocycles. The average Bonchev–Trinajstić information content (AvgIpc) is 2.91. The average molecular weight is 296 g/mol. The first-order chi connectivity index (χ1) is 9.45. The first-order valence-electron chi connectivity index (χ1n) is 7.21. The minimum atomic E-state index is -3.38. The van der Waals surface area contributed by atoms with Gasteiger partial charge in [-0.1, -0.05) is 18.9 Å². The fraction of sp³-hybridized carbons (Fsp3) is 0.600. The molecule has 1 saturated carbocycles. The van der Waals surface area contributed by atoms with E-state index in [1.165, 1.54) is 17.1 Å². The van der Waals surface area contributed by atoms with Gasteiger partial charge in [-0.3, -0.25) is 0 Å². The van der Waals surface area contributed by atoms with Crippen LogP contribution >= 0.6 is 0 Å². The Kier molecular flexibility index (Phi) is 4.83. The first-order valence-corrected chi connectivity index (χ1v) is 8.65. The van der Waals surface area contributed by atoms with Gasteiger partial charge >= 0.3 is 0 Å². The summed E-state index contributed by atoms with van der Waals surface area (Å²) in [5, 5.41) is 0. The second-order valence-electron chi connectivity index (χ2n) is 5.73. The van der Waals surface area contributed by atoms with Gasteiger partial charge in [-0.05, 0) is 48.9 Å². The van der Waals surface area contributed by atoms with Crippen LogP contribution in [0.15, 0.2) is 23.1 Å². The Balaban J connectivity index is 2.18. The zero-order valence-electron chi connectivity index (χ0n) is 12.3. The van der Waals surface area contributed by atoms with Crippen LogP contribution in [0.1, 0.15) is 36.8 Å². The van der Waals surface area contributed by atoms with Gasteiger partial charge in [-0.15, -0.1) is 0 Å². The van der Waals surface area contributed by atoms with Crippen molar-refractivity contribution in [3.8, 4) is 0 Å². The molecule has 0 amide bonds. The molecule has 2 rings (SSSR count). The van der Waals surface area contributed by atoms with E-state index in [0.29, 0.717) is 23.9 Å². The van der Waals surface area contributed by atoms with Crippen molar-refractivity contribution in [3.63, 3.8) is 0 Å². The van der Waals surface area contributed by atoms with Crippen LogP contribution < -0.4 is 5.73 Å². The molecule has 0 saturated heterocycles. The number of benzene rings is 1. The van der Waals surface area contributed by atoms with Crippen molar-refractivity contribution in [1.29, 1.82) is 0 Å². The van der Waals surface area contributed by atoms with Gasteiger partial charge in [0, 0.05) is 20.1 Å². The third-order valence-corrected chi connectivity index (χ3v) is 6.05. The number of nitrogens with two attached hydrogens (primary N) is 1. The van der Waals surface area contributed by atoms with Crippen molar-refractivity contribution < 1.29 is 8.42 Å². The van der Waals surface area contributed by atoms with E-state index in [1.54, 1.807) is 19.2 Å². The summed E-state index contributed by atoms with van der Waals surface area (Å²) in [6.45, 7) is 2.96. The van der Waals surface area contributed by atoms with E-state index in [-0.39, 0.29) is 0 Å². The summed E-state index contributed by atoms with van der Waals surface area (Å²) in [7, 11) is -1.70. The fourth-order valence-corrected chi connectivity index (χ4v) is 4.23. The lowest BCUT2D eigenvalue weighted by Crippen LogP contribution is -2.31. The fourth-order valence-electron chi connectivity index (χ4n) is 2.89. The summed E-state index contributed by atoms with van der Waals surface area (Å²) in [5.41, 5.74) is 7.54. The minimum Gasteiger partial charge on any atom is -0.326 e. The van der Waals surface area contributed by atoms with Crippen LogP contribution in [0.5, 0.6) is 0 Å². The molecular formula is C15H24N2O2S. The van der Waals surface area contributed by atoms with E-state index in [1.807, 2.05) is 13.0 Å². The number of hydrogen-bond donors (Lipinski definition) is 1. The van der Waals surface area contributed by atoms with Gasteiger partial charge in [-0.25, -0.2) is 12.7 Å². The molecule has 0 spiro atoms. The van der Waals surface area contributed by atoms with Crippen molar-refractivity contribution in [2.75, 3.05) is 13.6 Å². The van der Waals surface area contributed by atoms with Crippen molar-refractivity contribution in [3.05, 3.63) is 29.3 Å². The zero-order valence-corrected chi connectivity index (χ0v) is 13.1. The lowest BCUT2D eigenvalue weighted by atomic mass is 10.1. The zero-order chi connectivity index (χ0) is 14.8. The Labute approximate surface area is 122 Å². The van der Waals surface area contributed by atoms with Crippen molar-refractivity contribution in [1.82, 2.24) is 4.31 Å². The standard InChI is InChI=1S/C15H24N2O2S/c1-12-9-15(8-7-14(12)10-16)20(18,19)17(2)11-13-5-3-4-6-13/h7-9,13H,3-6,10-11,16H2,1-2H3. The summed E-state index contributed by atoms with van der Waals surface area (Å²) in [6, 6.07) is 5.20. The molecular weight excluding hydrogens is 272 g/mol. The molecule has 20 heavy (non-hydrogen) atoms. The normalized spacial score (nSPS) is 17.0. The lowest BCUT2D eigenvalue weighted by Gasteiger charge is -2.21. The summed E-state index contributed by atoms with van der Waals surface area (Å²) in [6.07, 6.45) is 4.74. The van der Waals surface area contributed by atoms with Gasteiger partial charge in [0.1, 0.15) is 0 Å². The van der Waals surface area contributed by atoms with Gasteiger partial charge in [0.2, 0.25) is 10.0 Å². The van der Waals surface area contributed by atoms with Gasteiger partial charge in [0.15, 0.2) is 0 Å². The molecule has 5 heteroatoms. The molecule has 0 unspecified atom stereocenters. The molecule has 112 valence electrons. The van der Waals surface area contributed by atoms with Crippen LogP contribution in [0, 0.1) is 12.8 Å². The summed E-state index contributed by atoms with van der Waals surface area (Å²) < 4.78 is 26.6. The van der Waals surface area contributed by atoms with Crippen LogP contribution in [0.3, 0.4) is 0 Å². The molecule has 1 aromatic carbocycles. The third kappa shape index (κ3) is 3.22. The van der Waals surface area contributed by atoms with Crippen molar-refractivity contribution in [2.24, 2.45) is 11.7 Å². The van der Waals surface area contributed by atoms with Crippen LogP contribution in [0.2, 0.25) is 0 Å². The molecule has 1 fully saturated rings. The monoisotopic (exact) mass is 296 g/mol. The van der Waals surface area contributed by atoms with Gasteiger partial charge in [0.05, 0.1) is 4.90 Å². The van der Waals surface area contributed by atoms with Crippen LogP contribution in [-0.2, 0) is 16.6 Å². The molecule has 0 bridgehead atoms. The Morgan fingerprint density at radius 1 is 1.30 bits per heavy atom. The van der Waals surface area contributed by atoms with E-state index in [0.717, 1.165) is 24.0 Å². The summed E-state index contributed by atoms with van der Waals surface area (Å²) in [5.74, 6) is 0.513. The lowest BCUT2D eigenvalue weighted by molar-refractivity contribution is 0.387. The van der Waals surface area contributed by atoms with Gasteiger partial charge in [-0.2, -0.15) is 0 Å². The summed E-state index contributed by atoms with van der Waals surface area (Å²) >= 11 is 0. The topological polar surface area (TPSA) is 63.4 Å². The maximum atomic E-state index is 12.6. The number of sulfonamides is 1. The largest absolute Gasteiger partial charge is 0.326 e. The molecule has 0 heterocycles. The Morgan fingerprint density at radius 2 is 1.95 bits per heavy atom. The smallest absolute Gasteiger partial charge is 0.242 e. The molecule has 0 aliphatic heterocycles. The maximum Gasteiger partial charge on any atom is 0.242 e. The maximum absolute atomic E-state index is 12.6. The van der Waals surface area contributed by atoms with Gasteiger partial charge in [0.25, 0.3) is 0 Å². The molecule has 1 aliphatic rings. The highest BCUT2D eigenvalue weighted by Crippen LogP contribution is 2.27. The SMILES string of the molecule is Cc1cc(S(=O)(=O)N(C)CC2CCCC2)ccc1CN. The van der Waals surface area contributed by atoms with Crippen LogP contribution in [0.4, 0.5) is 0 Å². The van der Waals surface area contributed by atoms with E-state index < -0.39 is 10.0 Å². The number of aryl methyl sites for hydroxylation is 1. The molecule has 1 aliphatic carbocycles.